The quantitative estimate of drug-likeness (QED) is 0.406. The maximum Gasteiger partial charge on any atom is 0.197 e. The molecule has 3 nitrogen and oxygen atoms in total. The summed E-state index contributed by atoms with van der Waals surface area (Å²) >= 11 is 6.12. The van der Waals surface area contributed by atoms with E-state index in [1.165, 1.54) is 0 Å². The number of nitrogens with zero attached hydrogens (tertiary/aromatic N) is 1. The molecule has 5 heteroatoms. The van der Waals surface area contributed by atoms with Gasteiger partial charge in [-0.15, -0.1) is 0 Å². The highest BCUT2D eigenvalue weighted by molar-refractivity contribution is 7.84. The van der Waals surface area contributed by atoms with E-state index in [4.69, 9.17) is 11.6 Å². The van der Waals surface area contributed by atoms with Crippen LogP contribution >= 0.6 is 11.6 Å². The van der Waals surface area contributed by atoms with E-state index < -0.39 is 10.8 Å². The molecule has 0 saturated heterocycles. The topological polar surface area (TPSA) is 39.1 Å². The molecule has 0 saturated carbocycles. The molecule has 0 fully saturated rings. The number of hydrogen-bond acceptors (Lipinski definition) is 2. The maximum absolute atomic E-state index is 13.3. The molecule has 1 heterocycles. The van der Waals surface area contributed by atoms with Crippen molar-refractivity contribution in [3.63, 3.8) is 0 Å². The van der Waals surface area contributed by atoms with Crippen LogP contribution in [0.15, 0.2) is 101 Å². The molecule has 0 spiro atoms. The third-order valence-corrected chi connectivity index (χ3v) is 6.45. The summed E-state index contributed by atoms with van der Waals surface area (Å²) in [4.78, 5) is 14.0. The van der Waals surface area contributed by atoms with Crippen LogP contribution in [0.25, 0.3) is 22.3 Å². The molecule has 1 unspecified atom stereocenters. The largest absolute Gasteiger partial charge is 0.356 e. The number of aromatic nitrogens is 1. The Labute approximate surface area is 183 Å². The van der Waals surface area contributed by atoms with Crippen molar-refractivity contribution in [2.24, 2.45) is 7.05 Å². The second-order valence-electron chi connectivity index (χ2n) is 7.09. The summed E-state index contributed by atoms with van der Waals surface area (Å²) in [5.41, 5.74) is 3.59. The number of hydrogen-bond donors (Lipinski definition) is 0. The summed E-state index contributed by atoms with van der Waals surface area (Å²) in [5, 5.41) is 0.582. The van der Waals surface area contributed by atoms with Gasteiger partial charge in [-0.25, -0.2) is 0 Å². The lowest BCUT2D eigenvalue weighted by Crippen LogP contribution is -2.11. The second-order valence-corrected chi connectivity index (χ2v) is 8.98. The van der Waals surface area contributed by atoms with Crippen LogP contribution in [0.5, 0.6) is 0 Å². The van der Waals surface area contributed by atoms with Crippen LogP contribution in [0.1, 0.15) is 5.56 Å². The molecule has 0 aliphatic carbocycles. The van der Waals surface area contributed by atoms with Gasteiger partial charge in [-0.2, -0.15) is 0 Å². The van der Waals surface area contributed by atoms with Gasteiger partial charge in [0.2, 0.25) is 0 Å². The van der Waals surface area contributed by atoms with Gasteiger partial charge in [-0.05, 0) is 41.0 Å². The summed E-state index contributed by atoms with van der Waals surface area (Å²) < 4.78 is 14.8. The minimum absolute atomic E-state index is 0.0821. The highest BCUT2D eigenvalue weighted by atomic mass is 35.5. The standard InChI is InChI=1S/C25H20ClNO2S/c1-27-15-23(19-9-5-11-21(26)13-19)25(28)24(16-27)20-10-6-12-22(14-20)30(29)17-18-7-3-2-4-8-18/h2-16H,17H2,1H3. The van der Waals surface area contributed by atoms with E-state index in [1.54, 1.807) is 24.5 Å². The van der Waals surface area contributed by atoms with Crippen molar-refractivity contribution in [3.05, 3.63) is 112 Å². The van der Waals surface area contributed by atoms with Crippen molar-refractivity contribution in [1.82, 2.24) is 4.57 Å². The normalized spacial score (nSPS) is 11.9. The number of halogens is 1. The first kappa shape index (κ1) is 20.3. The molecule has 3 aromatic carbocycles. The zero-order valence-electron chi connectivity index (χ0n) is 16.4. The summed E-state index contributed by atoms with van der Waals surface area (Å²) in [6.07, 6.45) is 3.60. The van der Waals surface area contributed by atoms with Crippen molar-refractivity contribution in [3.8, 4) is 22.3 Å². The zero-order valence-corrected chi connectivity index (χ0v) is 18.0. The fourth-order valence-electron chi connectivity index (χ4n) is 3.39. The molecule has 30 heavy (non-hydrogen) atoms. The first-order chi connectivity index (χ1) is 14.5. The van der Waals surface area contributed by atoms with Gasteiger partial charge < -0.3 is 4.57 Å². The van der Waals surface area contributed by atoms with E-state index in [0.717, 1.165) is 16.7 Å². The van der Waals surface area contributed by atoms with Crippen molar-refractivity contribution >= 4 is 22.4 Å². The van der Waals surface area contributed by atoms with E-state index in [1.807, 2.05) is 78.3 Å². The minimum atomic E-state index is -1.20. The fraction of sp³-hybridized carbons (Fsp3) is 0.0800. The fourth-order valence-corrected chi connectivity index (χ4v) is 4.73. The summed E-state index contributed by atoms with van der Waals surface area (Å²) in [5.74, 6) is 0.435. The van der Waals surface area contributed by atoms with Gasteiger partial charge in [0.25, 0.3) is 0 Å². The van der Waals surface area contributed by atoms with Gasteiger partial charge >= 0.3 is 0 Å². The van der Waals surface area contributed by atoms with Crippen LogP contribution < -0.4 is 5.43 Å². The SMILES string of the molecule is Cn1cc(-c2cccc(Cl)c2)c(=O)c(-c2cccc(S(=O)Cc3ccccc3)c2)c1. The van der Waals surface area contributed by atoms with E-state index in [-0.39, 0.29) is 5.43 Å². The smallest absolute Gasteiger partial charge is 0.197 e. The van der Waals surface area contributed by atoms with Crippen molar-refractivity contribution in [1.29, 1.82) is 0 Å². The molecule has 1 aromatic heterocycles. The molecule has 4 rings (SSSR count). The molecule has 0 aliphatic heterocycles. The molecular formula is C25H20ClNO2S. The summed E-state index contributed by atoms with van der Waals surface area (Å²) in [7, 11) is 0.682. The lowest BCUT2D eigenvalue weighted by Gasteiger charge is -2.11. The molecular weight excluding hydrogens is 414 g/mol. The highest BCUT2D eigenvalue weighted by Crippen LogP contribution is 2.25. The third-order valence-electron chi connectivity index (χ3n) is 4.84. The van der Waals surface area contributed by atoms with Crippen LogP contribution in [-0.4, -0.2) is 8.78 Å². The zero-order chi connectivity index (χ0) is 21.1. The Kier molecular flexibility index (Phi) is 5.98. The molecule has 0 radical (unpaired) electrons. The van der Waals surface area contributed by atoms with Gasteiger partial charge in [-0.1, -0.05) is 66.2 Å². The number of pyridine rings is 1. The lowest BCUT2D eigenvalue weighted by atomic mass is 10.0. The van der Waals surface area contributed by atoms with Crippen molar-refractivity contribution in [2.75, 3.05) is 0 Å². The van der Waals surface area contributed by atoms with Gasteiger partial charge in [0.15, 0.2) is 5.43 Å². The van der Waals surface area contributed by atoms with Gasteiger partial charge in [0.05, 0.1) is 16.6 Å². The Morgan fingerprint density at radius 1 is 0.833 bits per heavy atom. The molecule has 0 aliphatic rings. The Bertz CT molecular complexity index is 1280. The molecule has 1 atom stereocenters. The van der Waals surface area contributed by atoms with Crippen LogP contribution in [0, 0.1) is 0 Å². The Morgan fingerprint density at radius 2 is 1.47 bits per heavy atom. The summed E-state index contributed by atoms with van der Waals surface area (Å²) in [6.45, 7) is 0. The van der Waals surface area contributed by atoms with Crippen molar-refractivity contribution in [2.45, 2.75) is 10.6 Å². The van der Waals surface area contributed by atoms with E-state index in [2.05, 4.69) is 0 Å². The maximum atomic E-state index is 13.3. The average Bonchev–Trinajstić information content (AvgIpc) is 2.76. The Balaban J connectivity index is 1.74. The average molecular weight is 434 g/mol. The van der Waals surface area contributed by atoms with Crippen molar-refractivity contribution < 1.29 is 4.21 Å². The van der Waals surface area contributed by atoms with Gasteiger partial charge in [0, 0.05) is 40.5 Å². The van der Waals surface area contributed by atoms with E-state index in [0.29, 0.717) is 26.8 Å². The number of rotatable bonds is 5. The molecule has 0 N–H and O–H groups in total. The predicted octanol–water partition coefficient (Wildman–Crippen LogP) is 5.68. The third kappa shape index (κ3) is 4.45. The van der Waals surface area contributed by atoms with E-state index in [9.17, 15) is 9.00 Å². The van der Waals surface area contributed by atoms with Crippen LogP contribution in [-0.2, 0) is 23.6 Å². The van der Waals surface area contributed by atoms with E-state index >= 15 is 0 Å². The van der Waals surface area contributed by atoms with Gasteiger partial charge in [-0.3, -0.25) is 9.00 Å². The van der Waals surface area contributed by atoms with Crippen LogP contribution in [0.2, 0.25) is 5.02 Å². The lowest BCUT2D eigenvalue weighted by molar-refractivity contribution is 0.682. The van der Waals surface area contributed by atoms with Crippen LogP contribution in [0.4, 0.5) is 0 Å². The van der Waals surface area contributed by atoms with Gasteiger partial charge in [0.1, 0.15) is 0 Å². The Hall–Kier alpha value is -2.95. The summed E-state index contributed by atoms with van der Waals surface area (Å²) in [6, 6.07) is 24.4. The minimum Gasteiger partial charge on any atom is -0.356 e. The monoisotopic (exact) mass is 433 g/mol. The first-order valence-corrected chi connectivity index (χ1v) is 11.2. The second kappa shape index (κ2) is 8.82. The predicted molar refractivity (Wildman–Crippen MR) is 124 cm³/mol. The number of benzene rings is 3. The molecule has 150 valence electrons. The molecule has 0 amide bonds. The Morgan fingerprint density at radius 3 is 2.13 bits per heavy atom. The number of aryl methyl sites for hydroxylation is 1. The molecule has 0 bridgehead atoms. The molecule has 4 aromatic rings. The highest BCUT2D eigenvalue weighted by Gasteiger charge is 2.13. The first-order valence-electron chi connectivity index (χ1n) is 9.50. The van der Waals surface area contributed by atoms with Crippen LogP contribution in [0.3, 0.4) is 0 Å².